The van der Waals surface area contributed by atoms with E-state index in [9.17, 15) is 0 Å². The van der Waals surface area contributed by atoms with Crippen molar-refractivity contribution in [3.05, 3.63) is 21.3 Å². The number of thiophene rings is 1. The minimum atomic E-state index is 0.630. The van der Waals surface area contributed by atoms with Crippen molar-refractivity contribution in [2.24, 2.45) is 5.92 Å². The zero-order valence-corrected chi connectivity index (χ0v) is 11.7. The van der Waals surface area contributed by atoms with E-state index in [1.54, 1.807) is 11.3 Å². The molecule has 1 aromatic heterocycles. The predicted molar refractivity (Wildman–Crippen MR) is 73.7 cm³/mol. The smallest absolute Gasteiger partial charge is 0.0931 e. The Hall–Kier alpha value is -0.0900. The van der Waals surface area contributed by atoms with Crippen molar-refractivity contribution in [3.63, 3.8) is 0 Å². The maximum Gasteiger partial charge on any atom is 0.0931 e. The molecule has 0 radical (unpaired) electrons. The van der Waals surface area contributed by atoms with E-state index in [-0.39, 0.29) is 0 Å². The van der Waals surface area contributed by atoms with Crippen molar-refractivity contribution < 1.29 is 0 Å². The first-order valence-corrected chi connectivity index (χ1v) is 7.63. The second kappa shape index (κ2) is 4.88. The topological polar surface area (TPSA) is 15.3 Å². The Morgan fingerprint density at radius 2 is 2.29 bits per heavy atom. The van der Waals surface area contributed by atoms with Crippen LogP contribution in [0, 0.1) is 5.92 Å². The van der Waals surface area contributed by atoms with E-state index in [1.807, 2.05) is 6.07 Å². The summed E-state index contributed by atoms with van der Waals surface area (Å²) in [6, 6.07) is 5.52. The van der Waals surface area contributed by atoms with Gasteiger partial charge in [-0.15, -0.1) is 11.3 Å². The van der Waals surface area contributed by atoms with E-state index < -0.39 is 0 Å². The summed E-state index contributed by atoms with van der Waals surface area (Å²) >= 11 is 7.70. The Morgan fingerprint density at radius 1 is 1.47 bits per heavy atom. The van der Waals surface area contributed by atoms with Crippen LogP contribution in [0.1, 0.15) is 24.6 Å². The molecule has 2 atom stereocenters. The average Bonchev–Trinajstić information content (AvgIpc) is 3.07. The van der Waals surface area contributed by atoms with Gasteiger partial charge in [-0.1, -0.05) is 11.6 Å². The summed E-state index contributed by atoms with van der Waals surface area (Å²) in [4.78, 5) is 3.99. The molecule has 94 valence electrons. The predicted octanol–water partition coefficient (Wildman–Crippen LogP) is 2.97. The van der Waals surface area contributed by atoms with Crippen LogP contribution < -0.4 is 5.32 Å². The summed E-state index contributed by atoms with van der Waals surface area (Å²) in [5.41, 5.74) is 0. The normalized spacial score (nSPS) is 30.7. The van der Waals surface area contributed by atoms with Gasteiger partial charge in [-0.05, 0) is 37.8 Å². The lowest BCUT2D eigenvalue weighted by Crippen LogP contribution is -2.55. The molecule has 2 nitrogen and oxygen atoms in total. The van der Waals surface area contributed by atoms with Crippen LogP contribution in [0.3, 0.4) is 0 Å². The molecule has 1 N–H and O–H groups in total. The van der Waals surface area contributed by atoms with E-state index in [0.717, 1.165) is 29.4 Å². The number of rotatable bonds is 3. The lowest BCUT2D eigenvalue weighted by molar-refractivity contribution is 0.126. The Balaban J connectivity index is 1.63. The van der Waals surface area contributed by atoms with Crippen molar-refractivity contribution in [2.75, 3.05) is 13.1 Å². The average molecular weight is 271 g/mol. The van der Waals surface area contributed by atoms with Gasteiger partial charge in [0.05, 0.1) is 4.34 Å². The molecule has 4 heteroatoms. The molecule has 1 saturated heterocycles. The standard InChI is InChI=1S/C13H19ClN2S/c1-9-6-15-12(10-2-3-10)8-16(9)7-11-4-5-13(14)17-11/h4-5,9-10,12,15H,2-3,6-8H2,1H3. The highest BCUT2D eigenvalue weighted by Gasteiger charge is 2.35. The Kier molecular flexibility index (Phi) is 3.44. The van der Waals surface area contributed by atoms with Crippen LogP contribution in [-0.2, 0) is 6.54 Å². The van der Waals surface area contributed by atoms with Crippen LogP contribution in [-0.4, -0.2) is 30.1 Å². The summed E-state index contributed by atoms with van der Waals surface area (Å²) in [7, 11) is 0. The van der Waals surface area contributed by atoms with E-state index in [2.05, 4.69) is 23.2 Å². The number of halogens is 1. The molecule has 1 aromatic rings. The third-order valence-electron chi connectivity index (χ3n) is 3.91. The first-order chi connectivity index (χ1) is 8.22. The number of nitrogens with one attached hydrogen (secondary N) is 1. The highest BCUT2D eigenvalue weighted by molar-refractivity contribution is 7.16. The molecule has 1 saturated carbocycles. The van der Waals surface area contributed by atoms with Gasteiger partial charge in [0.25, 0.3) is 0 Å². The fourth-order valence-electron chi connectivity index (χ4n) is 2.62. The molecule has 0 aromatic carbocycles. The van der Waals surface area contributed by atoms with Crippen LogP contribution >= 0.6 is 22.9 Å². The first kappa shape index (κ1) is 12.0. The molecular formula is C13H19ClN2S. The Labute approximate surface area is 112 Å². The van der Waals surface area contributed by atoms with Crippen LogP contribution in [0.25, 0.3) is 0 Å². The lowest BCUT2D eigenvalue weighted by Gasteiger charge is -2.38. The third-order valence-corrected chi connectivity index (χ3v) is 5.12. The van der Waals surface area contributed by atoms with Gasteiger partial charge in [0.1, 0.15) is 0 Å². The van der Waals surface area contributed by atoms with E-state index in [1.165, 1.54) is 24.3 Å². The molecular weight excluding hydrogens is 252 g/mol. The molecule has 2 heterocycles. The highest BCUT2D eigenvalue weighted by atomic mass is 35.5. The van der Waals surface area contributed by atoms with Crippen molar-refractivity contribution in [3.8, 4) is 0 Å². The minimum Gasteiger partial charge on any atom is -0.311 e. The molecule has 3 rings (SSSR count). The summed E-state index contributed by atoms with van der Waals surface area (Å²) < 4.78 is 0.904. The molecule has 1 aliphatic carbocycles. The van der Waals surface area contributed by atoms with Gasteiger partial charge in [0, 0.05) is 36.6 Å². The fraction of sp³-hybridized carbons (Fsp3) is 0.692. The fourth-order valence-corrected chi connectivity index (χ4v) is 3.73. The Bertz CT molecular complexity index is 389. The zero-order valence-electron chi connectivity index (χ0n) is 10.2. The van der Waals surface area contributed by atoms with E-state index in [4.69, 9.17) is 11.6 Å². The monoisotopic (exact) mass is 270 g/mol. The molecule has 0 amide bonds. The van der Waals surface area contributed by atoms with E-state index >= 15 is 0 Å². The van der Waals surface area contributed by atoms with Crippen LogP contribution in [0.5, 0.6) is 0 Å². The number of nitrogens with zero attached hydrogens (tertiary/aromatic N) is 1. The van der Waals surface area contributed by atoms with Gasteiger partial charge < -0.3 is 5.32 Å². The van der Waals surface area contributed by atoms with Gasteiger partial charge in [-0.3, -0.25) is 4.90 Å². The van der Waals surface area contributed by atoms with Gasteiger partial charge in [0.15, 0.2) is 0 Å². The minimum absolute atomic E-state index is 0.630. The molecule has 2 unspecified atom stereocenters. The maximum absolute atomic E-state index is 5.99. The first-order valence-electron chi connectivity index (χ1n) is 6.44. The van der Waals surface area contributed by atoms with Crippen molar-refractivity contribution in [1.82, 2.24) is 10.2 Å². The van der Waals surface area contributed by atoms with Crippen LogP contribution in [0.2, 0.25) is 4.34 Å². The summed E-state index contributed by atoms with van der Waals surface area (Å²) in [5, 5.41) is 3.69. The van der Waals surface area contributed by atoms with Gasteiger partial charge in [-0.2, -0.15) is 0 Å². The van der Waals surface area contributed by atoms with Gasteiger partial charge in [0.2, 0.25) is 0 Å². The van der Waals surface area contributed by atoms with Crippen LogP contribution in [0.15, 0.2) is 12.1 Å². The summed E-state index contributed by atoms with van der Waals surface area (Å²) in [6.07, 6.45) is 2.84. The zero-order chi connectivity index (χ0) is 11.8. The number of piperazine rings is 1. The van der Waals surface area contributed by atoms with Crippen molar-refractivity contribution >= 4 is 22.9 Å². The SMILES string of the molecule is CC1CNC(C2CC2)CN1Cc1ccc(Cl)s1. The summed E-state index contributed by atoms with van der Waals surface area (Å²) in [6.45, 7) is 5.69. The second-order valence-electron chi connectivity index (χ2n) is 5.34. The van der Waals surface area contributed by atoms with E-state index in [0.29, 0.717) is 6.04 Å². The van der Waals surface area contributed by atoms with Crippen LogP contribution in [0.4, 0.5) is 0 Å². The molecule has 1 aliphatic heterocycles. The quantitative estimate of drug-likeness (QED) is 0.909. The van der Waals surface area contributed by atoms with Crippen molar-refractivity contribution in [2.45, 2.75) is 38.4 Å². The lowest BCUT2D eigenvalue weighted by atomic mass is 10.1. The molecule has 0 bridgehead atoms. The van der Waals surface area contributed by atoms with Gasteiger partial charge >= 0.3 is 0 Å². The molecule has 0 spiro atoms. The van der Waals surface area contributed by atoms with Crippen molar-refractivity contribution in [1.29, 1.82) is 0 Å². The second-order valence-corrected chi connectivity index (χ2v) is 7.14. The molecule has 2 fully saturated rings. The Morgan fingerprint density at radius 3 is 2.94 bits per heavy atom. The largest absolute Gasteiger partial charge is 0.311 e. The summed E-state index contributed by atoms with van der Waals surface area (Å²) in [5.74, 6) is 0.942. The maximum atomic E-state index is 5.99. The number of hydrogen-bond donors (Lipinski definition) is 1. The van der Waals surface area contributed by atoms with Gasteiger partial charge in [-0.25, -0.2) is 0 Å². The number of hydrogen-bond acceptors (Lipinski definition) is 3. The molecule has 17 heavy (non-hydrogen) atoms. The highest BCUT2D eigenvalue weighted by Crippen LogP contribution is 2.34. The molecule has 2 aliphatic rings. The third kappa shape index (κ3) is 2.84.